The lowest BCUT2D eigenvalue weighted by Crippen LogP contribution is -2.40. The predicted octanol–water partition coefficient (Wildman–Crippen LogP) is 2.57. The Morgan fingerprint density at radius 3 is 2.54 bits per heavy atom. The van der Waals surface area contributed by atoms with E-state index in [0.717, 1.165) is 40.8 Å². The summed E-state index contributed by atoms with van der Waals surface area (Å²) in [6.45, 7) is 3.64. The van der Waals surface area contributed by atoms with E-state index < -0.39 is 9.84 Å². The van der Waals surface area contributed by atoms with Crippen molar-refractivity contribution in [2.24, 2.45) is 5.92 Å². The zero-order valence-electron chi connectivity index (χ0n) is 19.7. The van der Waals surface area contributed by atoms with Gasteiger partial charge in [0.1, 0.15) is 11.6 Å². The van der Waals surface area contributed by atoms with E-state index in [-0.39, 0.29) is 29.4 Å². The molecule has 0 radical (unpaired) electrons. The average Bonchev–Trinajstić information content (AvgIpc) is 3.44. The normalized spacial score (nSPS) is 22.8. The molecule has 1 amide bonds. The molecule has 4 heterocycles. The minimum atomic E-state index is -2.92. The molecule has 3 aliphatic rings. The maximum Gasteiger partial charge on any atom is 0.241 e. The lowest BCUT2D eigenvalue weighted by atomic mass is 10.0. The van der Waals surface area contributed by atoms with Crippen LogP contribution in [0.5, 0.6) is 5.88 Å². The summed E-state index contributed by atoms with van der Waals surface area (Å²) >= 11 is 0. The molecule has 1 aliphatic carbocycles. The fourth-order valence-electron chi connectivity index (χ4n) is 4.93. The molecule has 184 valence electrons. The van der Waals surface area contributed by atoms with Gasteiger partial charge in [-0.3, -0.25) is 4.79 Å². The number of carbonyl (C=O) groups is 1. The molecule has 1 N–H and O–H groups in total. The van der Waals surface area contributed by atoms with Crippen LogP contribution < -0.4 is 15.0 Å². The van der Waals surface area contributed by atoms with E-state index in [9.17, 15) is 13.2 Å². The van der Waals surface area contributed by atoms with Crippen LogP contribution >= 0.6 is 0 Å². The van der Waals surface area contributed by atoms with Crippen LogP contribution in [0.1, 0.15) is 32.2 Å². The third-order valence-electron chi connectivity index (χ3n) is 7.30. The van der Waals surface area contributed by atoms with Crippen molar-refractivity contribution in [1.29, 1.82) is 0 Å². The number of amides is 1. The average molecular weight is 496 g/mol. The predicted molar refractivity (Wildman–Crippen MR) is 133 cm³/mol. The Hall–Kier alpha value is -3.14. The van der Waals surface area contributed by atoms with Gasteiger partial charge in [-0.2, -0.15) is 0 Å². The van der Waals surface area contributed by atoms with Crippen molar-refractivity contribution >= 4 is 32.5 Å². The zero-order valence-corrected chi connectivity index (χ0v) is 20.5. The number of rotatable bonds is 6. The number of carbonyl (C=O) groups excluding carboxylic acids is 1. The number of benzene rings is 1. The monoisotopic (exact) mass is 495 g/mol. The van der Waals surface area contributed by atoms with Gasteiger partial charge >= 0.3 is 0 Å². The van der Waals surface area contributed by atoms with Crippen LogP contribution in [0.2, 0.25) is 0 Å². The molecule has 2 aliphatic heterocycles. The first kappa shape index (κ1) is 22.3. The minimum Gasteiger partial charge on any atom is -0.473 e. The largest absolute Gasteiger partial charge is 0.473 e. The van der Waals surface area contributed by atoms with Gasteiger partial charge in [-0.15, -0.1) is 0 Å². The first-order valence-electron chi connectivity index (χ1n) is 12.2. The molecule has 10 heteroatoms. The standard InChI is InChI=1S/C25H29N5O4S/c1-16(18-12-23(31)26-14-18)34-25-24-22(27-15-30(24)20-6-7-20)13-21(28-25)17-2-4-19(5-3-17)29-8-10-35(32,33)11-9-29/h2-5,13,15-16,18,20H,6-12,14H2,1H3,(H,26,31). The summed E-state index contributed by atoms with van der Waals surface area (Å²) in [5.74, 6) is 1.11. The van der Waals surface area contributed by atoms with E-state index in [2.05, 4.69) is 19.8 Å². The number of nitrogens with one attached hydrogen (secondary N) is 1. The molecule has 0 bridgehead atoms. The van der Waals surface area contributed by atoms with E-state index in [1.54, 1.807) is 0 Å². The molecule has 2 aromatic heterocycles. The van der Waals surface area contributed by atoms with Gasteiger partial charge in [-0.05, 0) is 38.0 Å². The van der Waals surface area contributed by atoms with Crippen LogP contribution in [0.15, 0.2) is 36.7 Å². The van der Waals surface area contributed by atoms with Gasteiger partial charge in [0.05, 0.1) is 29.0 Å². The van der Waals surface area contributed by atoms with Crippen molar-refractivity contribution in [3.63, 3.8) is 0 Å². The second kappa shape index (κ2) is 8.51. The molecule has 3 fully saturated rings. The van der Waals surface area contributed by atoms with Gasteiger partial charge in [0.25, 0.3) is 0 Å². The van der Waals surface area contributed by atoms with Crippen molar-refractivity contribution in [3.05, 3.63) is 36.7 Å². The smallest absolute Gasteiger partial charge is 0.241 e. The highest BCUT2D eigenvalue weighted by Crippen LogP contribution is 2.40. The number of nitrogens with zero attached hydrogens (tertiary/aromatic N) is 4. The molecule has 1 aromatic carbocycles. The molecule has 9 nitrogen and oxygen atoms in total. The molecule has 2 unspecified atom stereocenters. The van der Waals surface area contributed by atoms with E-state index >= 15 is 0 Å². The van der Waals surface area contributed by atoms with Gasteiger partial charge in [-0.1, -0.05) is 12.1 Å². The molecule has 1 saturated carbocycles. The number of sulfone groups is 1. The van der Waals surface area contributed by atoms with Crippen LogP contribution in [-0.2, 0) is 14.6 Å². The number of imidazole rings is 1. The van der Waals surface area contributed by atoms with E-state index in [1.165, 1.54) is 0 Å². The SMILES string of the molecule is CC(Oc1nc(-c2ccc(N3CCS(=O)(=O)CC3)cc2)cc2ncn(C3CC3)c12)C1CNC(=O)C1. The zero-order chi connectivity index (χ0) is 24.2. The first-order chi connectivity index (χ1) is 16.9. The highest BCUT2D eigenvalue weighted by Gasteiger charge is 2.31. The minimum absolute atomic E-state index is 0.0618. The Balaban J connectivity index is 1.31. The summed E-state index contributed by atoms with van der Waals surface area (Å²) in [7, 11) is -2.92. The van der Waals surface area contributed by atoms with Gasteiger partial charge in [0.15, 0.2) is 9.84 Å². The second-order valence-electron chi connectivity index (χ2n) is 9.84. The number of aromatic nitrogens is 3. The van der Waals surface area contributed by atoms with Crippen molar-refractivity contribution in [2.45, 2.75) is 38.3 Å². The Labute approximate surface area is 204 Å². The number of hydrogen-bond acceptors (Lipinski definition) is 7. The van der Waals surface area contributed by atoms with Crippen molar-refractivity contribution < 1.29 is 17.9 Å². The second-order valence-corrected chi connectivity index (χ2v) is 12.1. The molecule has 0 spiro atoms. The summed E-state index contributed by atoms with van der Waals surface area (Å²) in [6.07, 6.45) is 4.43. The molecule has 35 heavy (non-hydrogen) atoms. The highest BCUT2D eigenvalue weighted by atomic mass is 32.2. The molecule has 2 saturated heterocycles. The first-order valence-corrected chi connectivity index (χ1v) is 14.1. The fraction of sp³-hybridized carbons (Fsp3) is 0.480. The van der Waals surface area contributed by atoms with Crippen LogP contribution in [-0.4, -0.2) is 66.1 Å². The molecular formula is C25H29N5O4S. The maximum atomic E-state index is 11.8. The number of hydrogen-bond donors (Lipinski definition) is 1. The van der Waals surface area contributed by atoms with Gasteiger partial charge in [0.2, 0.25) is 11.8 Å². The lowest BCUT2D eigenvalue weighted by molar-refractivity contribution is -0.119. The number of fused-ring (bicyclic) bond motifs is 1. The summed E-state index contributed by atoms with van der Waals surface area (Å²) in [4.78, 5) is 23.4. The van der Waals surface area contributed by atoms with Crippen LogP contribution in [0, 0.1) is 5.92 Å². The van der Waals surface area contributed by atoms with Crippen molar-refractivity contribution in [2.75, 3.05) is 36.0 Å². The summed E-state index contributed by atoms with van der Waals surface area (Å²) in [5.41, 5.74) is 4.47. The maximum absolute atomic E-state index is 11.8. The quantitative estimate of drug-likeness (QED) is 0.560. The lowest BCUT2D eigenvalue weighted by Gasteiger charge is -2.28. The van der Waals surface area contributed by atoms with Crippen LogP contribution in [0.25, 0.3) is 22.3 Å². The van der Waals surface area contributed by atoms with Crippen molar-refractivity contribution in [1.82, 2.24) is 19.9 Å². The molecular weight excluding hydrogens is 466 g/mol. The third kappa shape index (κ3) is 4.47. The number of ether oxygens (including phenoxy) is 1. The number of pyridine rings is 1. The summed E-state index contributed by atoms with van der Waals surface area (Å²) in [5, 5.41) is 2.89. The van der Waals surface area contributed by atoms with E-state index in [1.807, 2.05) is 43.6 Å². The Bertz CT molecular complexity index is 1370. The highest BCUT2D eigenvalue weighted by molar-refractivity contribution is 7.91. The van der Waals surface area contributed by atoms with E-state index in [0.29, 0.717) is 38.0 Å². The van der Waals surface area contributed by atoms with Crippen LogP contribution in [0.3, 0.4) is 0 Å². The van der Waals surface area contributed by atoms with Gasteiger partial charge in [0, 0.05) is 49.3 Å². The fourth-order valence-corrected chi connectivity index (χ4v) is 6.13. The Morgan fingerprint density at radius 2 is 1.89 bits per heavy atom. The molecule has 2 atom stereocenters. The number of anilines is 1. The molecule has 6 rings (SSSR count). The topological polar surface area (TPSA) is 106 Å². The van der Waals surface area contributed by atoms with E-state index in [4.69, 9.17) is 9.72 Å². The Kier molecular flexibility index (Phi) is 5.43. The molecule has 3 aromatic rings. The van der Waals surface area contributed by atoms with Gasteiger partial charge in [-0.25, -0.2) is 18.4 Å². The van der Waals surface area contributed by atoms with Gasteiger partial charge < -0.3 is 19.5 Å². The summed E-state index contributed by atoms with van der Waals surface area (Å²) < 4.78 is 32.1. The van der Waals surface area contributed by atoms with Crippen LogP contribution in [0.4, 0.5) is 5.69 Å². The third-order valence-corrected chi connectivity index (χ3v) is 8.91. The summed E-state index contributed by atoms with van der Waals surface area (Å²) in [6, 6.07) is 10.5. The Morgan fingerprint density at radius 1 is 1.14 bits per heavy atom. The van der Waals surface area contributed by atoms with Crippen molar-refractivity contribution in [3.8, 4) is 17.1 Å².